The number of unbranched alkanes of at least 4 members (excludes halogenated alkanes) is 15. The van der Waals surface area contributed by atoms with E-state index in [2.05, 4.69) is 16.0 Å². The Morgan fingerprint density at radius 1 is 0.484 bits per heavy atom. The van der Waals surface area contributed by atoms with E-state index in [0.29, 0.717) is 78.3 Å². The second kappa shape index (κ2) is 47.6. The maximum Gasteiger partial charge on any atom is 0.326 e. The molecule has 0 aromatic heterocycles. The van der Waals surface area contributed by atoms with Gasteiger partial charge >= 0.3 is 11.9 Å². The number of ether oxygens (including phenoxy) is 4. The van der Waals surface area contributed by atoms with Crippen LogP contribution in [0.2, 0.25) is 0 Å². The highest BCUT2D eigenvalue weighted by atomic mass is 16.5. The number of carboxylic acid groups (broad SMARTS) is 2. The minimum atomic E-state index is -1.10. The van der Waals surface area contributed by atoms with Gasteiger partial charge in [-0.3, -0.25) is 28.8 Å². The van der Waals surface area contributed by atoms with E-state index < -0.39 is 24.6 Å². The Morgan fingerprint density at radius 2 is 1.02 bits per heavy atom. The molecular weight excluding hydrogens is 831 g/mol. The van der Waals surface area contributed by atoms with Gasteiger partial charge in [0.05, 0.1) is 25.9 Å². The smallest absolute Gasteiger partial charge is 0.326 e. The number of aliphatic carboxylic acids is 2. The maximum atomic E-state index is 12.1. The molecule has 0 spiro atoms. The molecule has 6 N–H and O–H groups in total. The van der Waals surface area contributed by atoms with Crippen LogP contribution in [0.4, 0.5) is 0 Å². The van der Waals surface area contributed by atoms with E-state index >= 15 is 0 Å². The molecule has 2 amide bonds. The number of aliphatic hydroxyl groups excluding tert-OH is 1. The lowest BCUT2D eigenvalue weighted by molar-refractivity contribution is -0.142. The number of hydrogen-bond donors (Lipinski definition) is 6. The second-order valence-corrected chi connectivity index (χ2v) is 15.9. The first-order chi connectivity index (χ1) is 30.9. The zero-order valence-corrected chi connectivity index (χ0v) is 39.7. The molecule has 0 unspecified atom stereocenters. The van der Waals surface area contributed by atoms with Gasteiger partial charge in [0, 0.05) is 58.5 Å². The summed E-state index contributed by atoms with van der Waals surface area (Å²) < 4.78 is 20.7. The zero-order valence-electron chi connectivity index (χ0n) is 39.7. The van der Waals surface area contributed by atoms with Crippen molar-refractivity contribution in [2.24, 2.45) is 0 Å². The lowest BCUT2D eigenvalue weighted by Crippen LogP contribution is -2.41. The lowest BCUT2D eigenvalue weighted by atomic mass is 10.0. The number of rotatable bonds is 47. The molecule has 0 saturated heterocycles. The number of carboxylic acids is 2. The van der Waals surface area contributed by atoms with E-state index in [1.54, 1.807) is 7.05 Å². The summed E-state index contributed by atoms with van der Waals surface area (Å²) in [6.07, 6.45) is 21.0. The van der Waals surface area contributed by atoms with E-state index in [9.17, 15) is 38.7 Å². The quantitative estimate of drug-likeness (QED) is 0.0390. The van der Waals surface area contributed by atoms with Crippen LogP contribution in [0.15, 0.2) is 0 Å². The molecular formula is C47H87N3O14. The molecule has 0 aliphatic carbocycles. The van der Waals surface area contributed by atoms with Crippen molar-refractivity contribution in [1.29, 1.82) is 0 Å². The summed E-state index contributed by atoms with van der Waals surface area (Å²) in [6, 6.07) is -1.33. The molecule has 0 aromatic rings. The second-order valence-electron chi connectivity index (χ2n) is 15.9. The number of hydrogen-bond acceptors (Lipinski definition) is 13. The van der Waals surface area contributed by atoms with Crippen molar-refractivity contribution in [2.75, 3.05) is 73.1 Å². The third-order valence-corrected chi connectivity index (χ3v) is 10.3. The summed E-state index contributed by atoms with van der Waals surface area (Å²) in [7, 11) is 1.70. The molecule has 0 radical (unpaired) electrons. The number of Topliss-reactive ketones (excluding diaryl/α,β-unsaturated/α-hetero) is 3. The van der Waals surface area contributed by atoms with E-state index in [0.717, 1.165) is 64.2 Å². The summed E-state index contributed by atoms with van der Waals surface area (Å²) >= 11 is 0. The highest BCUT2D eigenvalue weighted by Gasteiger charge is 2.21. The molecule has 0 fully saturated rings. The number of amides is 2. The number of carbonyl (C=O) groups excluding carboxylic acids is 5. The first-order valence-corrected chi connectivity index (χ1v) is 24.1. The van der Waals surface area contributed by atoms with Gasteiger partial charge in [0.2, 0.25) is 11.8 Å². The van der Waals surface area contributed by atoms with Crippen LogP contribution in [0.25, 0.3) is 0 Å². The standard InChI is InChI=1S/C28H51NO7.C19H36N2O7/c1-2-36-23-17-18-24(30)21-22-25(28(34)35)29-26(31)19-15-13-11-9-7-5-3-4-6-8-10-12-14-16-20-27(32)33;1-3-26-15-19(25)21-9-10-27-11-12-28-14-16(23)7-5-4-6-8-17(20-2)18(24)13-22/h25H,2-23H2,1H3,(H,29,31)(H,32,33)(H,34,35);17,20,22H,3-15H2,1-2H3,(H,21,25)/t25-;17-/m00/s1. The van der Waals surface area contributed by atoms with Crippen molar-refractivity contribution in [1.82, 2.24) is 16.0 Å². The first kappa shape index (κ1) is 62.7. The molecule has 0 rings (SSSR count). The molecule has 17 nitrogen and oxygen atoms in total. The normalized spacial score (nSPS) is 11.9. The van der Waals surface area contributed by atoms with Crippen molar-refractivity contribution >= 4 is 41.1 Å². The molecule has 0 bridgehead atoms. The average molecular weight is 918 g/mol. The largest absolute Gasteiger partial charge is 0.481 e. The van der Waals surface area contributed by atoms with Crippen LogP contribution in [0.3, 0.4) is 0 Å². The van der Waals surface area contributed by atoms with Crippen molar-refractivity contribution in [3.8, 4) is 0 Å². The summed E-state index contributed by atoms with van der Waals surface area (Å²) in [6.45, 7) is 6.50. The molecule has 64 heavy (non-hydrogen) atoms. The van der Waals surface area contributed by atoms with Crippen LogP contribution >= 0.6 is 0 Å². The fourth-order valence-electron chi connectivity index (χ4n) is 6.56. The molecule has 0 aromatic carbocycles. The number of aliphatic hydroxyl groups is 1. The minimum absolute atomic E-state index is 0.000154. The Morgan fingerprint density at radius 3 is 1.56 bits per heavy atom. The van der Waals surface area contributed by atoms with Crippen molar-refractivity contribution < 1.29 is 67.8 Å². The molecule has 374 valence electrons. The summed E-state index contributed by atoms with van der Waals surface area (Å²) in [5.41, 5.74) is 0. The van der Waals surface area contributed by atoms with Gasteiger partial charge in [0.15, 0.2) is 11.6 Å². The van der Waals surface area contributed by atoms with Crippen LogP contribution in [0, 0.1) is 0 Å². The highest BCUT2D eigenvalue weighted by molar-refractivity contribution is 5.85. The van der Waals surface area contributed by atoms with Crippen molar-refractivity contribution in [3.63, 3.8) is 0 Å². The first-order valence-electron chi connectivity index (χ1n) is 24.1. The Balaban J connectivity index is 0. The van der Waals surface area contributed by atoms with Gasteiger partial charge in [-0.25, -0.2) is 4.79 Å². The Hall–Kier alpha value is -3.35. The Kier molecular flexibility index (Phi) is 46.7. The average Bonchev–Trinajstić information content (AvgIpc) is 3.27. The molecule has 0 aliphatic rings. The highest BCUT2D eigenvalue weighted by Crippen LogP contribution is 2.14. The van der Waals surface area contributed by atoms with Gasteiger partial charge in [0.25, 0.3) is 0 Å². The predicted octanol–water partition coefficient (Wildman–Crippen LogP) is 5.89. The van der Waals surface area contributed by atoms with Gasteiger partial charge in [-0.05, 0) is 59.4 Å². The third-order valence-electron chi connectivity index (χ3n) is 10.3. The summed E-state index contributed by atoms with van der Waals surface area (Å²) in [5.74, 6) is -2.39. The number of likely N-dealkylation sites (N-methyl/N-ethyl adjacent to an activating group) is 1. The topological polar surface area (TPSA) is 253 Å². The fourth-order valence-corrected chi connectivity index (χ4v) is 6.56. The van der Waals surface area contributed by atoms with Crippen LogP contribution in [0.1, 0.15) is 174 Å². The third kappa shape index (κ3) is 45.2. The molecule has 0 heterocycles. The predicted molar refractivity (Wildman–Crippen MR) is 245 cm³/mol. The number of nitrogens with one attached hydrogen (secondary N) is 3. The van der Waals surface area contributed by atoms with Crippen LogP contribution in [-0.4, -0.2) is 142 Å². The van der Waals surface area contributed by atoms with Gasteiger partial charge in [0.1, 0.15) is 31.6 Å². The van der Waals surface area contributed by atoms with E-state index in [1.165, 1.54) is 44.9 Å². The number of carbonyl (C=O) groups is 7. The lowest BCUT2D eigenvalue weighted by Gasteiger charge is -2.14. The van der Waals surface area contributed by atoms with E-state index in [1.807, 2.05) is 13.8 Å². The van der Waals surface area contributed by atoms with E-state index in [4.69, 9.17) is 29.2 Å². The van der Waals surface area contributed by atoms with Crippen LogP contribution < -0.4 is 16.0 Å². The van der Waals surface area contributed by atoms with E-state index in [-0.39, 0.29) is 67.7 Å². The van der Waals surface area contributed by atoms with Gasteiger partial charge in [-0.2, -0.15) is 0 Å². The number of ketones is 3. The Bertz CT molecular complexity index is 1210. The summed E-state index contributed by atoms with van der Waals surface area (Å²) in [4.78, 5) is 80.2. The van der Waals surface area contributed by atoms with Gasteiger partial charge < -0.3 is 50.2 Å². The molecule has 0 aliphatic heterocycles. The minimum Gasteiger partial charge on any atom is -0.481 e. The van der Waals surface area contributed by atoms with Crippen LogP contribution in [-0.2, 0) is 52.5 Å². The molecule has 0 saturated carbocycles. The molecule has 17 heteroatoms. The van der Waals surface area contributed by atoms with Gasteiger partial charge in [-0.15, -0.1) is 0 Å². The van der Waals surface area contributed by atoms with Crippen LogP contribution in [0.5, 0.6) is 0 Å². The maximum absolute atomic E-state index is 12.1. The SMILES string of the molecule is CCOCC(=O)NCCOCCOCC(=O)CCCCC[C@H](NC)C(=O)CO.CCOCCCC(=O)CC[C@H](NC(=O)CCCCCCCCCCCCCCCCC(=O)O)C(=O)O. The summed E-state index contributed by atoms with van der Waals surface area (Å²) in [5, 5.41) is 34.9. The van der Waals surface area contributed by atoms with Gasteiger partial charge in [-0.1, -0.05) is 89.9 Å². The monoisotopic (exact) mass is 918 g/mol. The Labute approximate surface area is 383 Å². The fraction of sp³-hybridized carbons (Fsp3) is 0.851. The molecule has 2 atom stereocenters. The van der Waals surface area contributed by atoms with Crippen molar-refractivity contribution in [2.45, 2.75) is 186 Å². The zero-order chi connectivity index (χ0) is 47.9. The van der Waals surface area contributed by atoms with Crippen molar-refractivity contribution in [3.05, 3.63) is 0 Å².